The summed E-state index contributed by atoms with van der Waals surface area (Å²) in [5.41, 5.74) is 1.41. The first-order valence-corrected chi connectivity index (χ1v) is 7.57. The van der Waals surface area contributed by atoms with E-state index in [4.69, 9.17) is 0 Å². The molecule has 0 saturated heterocycles. The lowest BCUT2D eigenvalue weighted by molar-refractivity contribution is -0.114. The van der Waals surface area contributed by atoms with Gasteiger partial charge in [0.15, 0.2) is 0 Å². The molecule has 0 aliphatic carbocycles. The Morgan fingerprint density at radius 2 is 1.50 bits per heavy atom. The maximum absolute atomic E-state index is 12.7. The van der Waals surface area contributed by atoms with Crippen molar-refractivity contribution in [3.63, 3.8) is 0 Å². The van der Waals surface area contributed by atoms with Crippen molar-refractivity contribution in [1.82, 2.24) is 0 Å². The Labute approximate surface area is 124 Å². The lowest BCUT2D eigenvalue weighted by Crippen LogP contribution is -2.32. The molecule has 0 saturated carbocycles. The average molecular weight is 282 g/mol. The number of hydrogen-bond donors (Lipinski definition) is 0. The summed E-state index contributed by atoms with van der Waals surface area (Å²) in [5.74, 6) is 0.633. The highest BCUT2D eigenvalue weighted by Crippen LogP contribution is 2.36. The molecule has 0 heterocycles. The van der Waals surface area contributed by atoms with Crippen LogP contribution in [0.4, 0.5) is 0 Å². The Morgan fingerprint density at radius 3 is 1.90 bits per heavy atom. The van der Waals surface area contributed by atoms with Crippen molar-refractivity contribution in [3.05, 3.63) is 84.4 Å². The highest BCUT2D eigenvalue weighted by atomic mass is 32.2. The number of benzene rings is 2. The highest BCUT2D eigenvalue weighted by Gasteiger charge is 2.36. The van der Waals surface area contributed by atoms with E-state index >= 15 is 0 Å². The van der Waals surface area contributed by atoms with Crippen LogP contribution in [0.5, 0.6) is 0 Å². The minimum Gasteiger partial charge on any atom is -0.286 e. The largest absolute Gasteiger partial charge is 0.286 e. The number of carbonyl (C=O) groups excluding carboxylic acids is 1. The summed E-state index contributed by atoms with van der Waals surface area (Å²) in [6, 6.07) is 19.9. The fraction of sp³-hybridized carbons (Fsp3) is 0.167. The van der Waals surface area contributed by atoms with Gasteiger partial charge in [-0.25, -0.2) is 0 Å². The lowest BCUT2D eigenvalue weighted by Gasteiger charge is -2.28. The number of thioether (sulfide) groups is 1. The molecule has 0 aliphatic heterocycles. The predicted octanol–water partition coefficient (Wildman–Crippen LogP) is 4.44. The Balaban J connectivity index is 2.49. The van der Waals surface area contributed by atoms with Crippen molar-refractivity contribution in [2.45, 2.75) is 12.3 Å². The van der Waals surface area contributed by atoms with Gasteiger partial charge in [-0.3, -0.25) is 4.79 Å². The summed E-state index contributed by atoms with van der Waals surface area (Å²) in [4.78, 5) is 12.7. The molecular weight excluding hydrogens is 264 g/mol. The van der Waals surface area contributed by atoms with Crippen molar-refractivity contribution < 1.29 is 4.79 Å². The summed E-state index contributed by atoms with van der Waals surface area (Å²) in [7, 11) is 0. The van der Waals surface area contributed by atoms with Gasteiger partial charge in [0.05, 0.1) is 5.41 Å². The molecule has 0 unspecified atom stereocenters. The first-order chi connectivity index (χ1) is 9.69. The first-order valence-electron chi connectivity index (χ1n) is 6.58. The second-order valence-corrected chi connectivity index (χ2v) is 5.74. The zero-order chi connectivity index (χ0) is 14.4. The third-order valence-corrected chi connectivity index (χ3v) is 4.52. The average Bonchev–Trinajstić information content (AvgIpc) is 2.53. The van der Waals surface area contributed by atoms with Crippen LogP contribution in [0.25, 0.3) is 0 Å². The van der Waals surface area contributed by atoms with Gasteiger partial charge < -0.3 is 0 Å². The minimum absolute atomic E-state index is 0.148. The second kappa shape index (κ2) is 6.58. The summed E-state index contributed by atoms with van der Waals surface area (Å²) in [5, 5.41) is 0.148. The standard InChI is InChI=1S/C18H18OS/c1-3-14-20-17(19)18(2,15-10-6-4-7-11-15)16-12-8-5-9-13-16/h3-13H,1,14H2,2H3. The van der Waals surface area contributed by atoms with Crippen LogP contribution < -0.4 is 0 Å². The van der Waals surface area contributed by atoms with Gasteiger partial charge in [-0.2, -0.15) is 0 Å². The minimum atomic E-state index is -0.629. The van der Waals surface area contributed by atoms with E-state index in [1.54, 1.807) is 6.08 Å². The first kappa shape index (κ1) is 14.6. The molecule has 0 aliphatic rings. The van der Waals surface area contributed by atoms with E-state index in [1.165, 1.54) is 11.8 Å². The highest BCUT2D eigenvalue weighted by molar-refractivity contribution is 8.13. The third-order valence-electron chi connectivity index (χ3n) is 3.44. The summed E-state index contributed by atoms with van der Waals surface area (Å²) < 4.78 is 0. The molecule has 2 aromatic carbocycles. The predicted molar refractivity (Wildman–Crippen MR) is 87.0 cm³/mol. The van der Waals surface area contributed by atoms with Gasteiger partial charge in [-0.1, -0.05) is 78.5 Å². The van der Waals surface area contributed by atoms with Crippen LogP contribution >= 0.6 is 11.8 Å². The van der Waals surface area contributed by atoms with E-state index in [0.29, 0.717) is 5.75 Å². The van der Waals surface area contributed by atoms with Crippen molar-refractivity contribution in [2.75, 3.05) is 5.75 Å². The maximum atomic E-state index is 12.7. The SMILES string of the molecule is C=CCSC(=O)C(C)(c1ccccc1)c1ccccc1. The molecular formula is C18H18OS. The van der Waals surface area contributed by atoms with Gasteiger partial charge in [0.2, 0.25) is 5.12 Å². The molecule has 0 fully saturated rings. The van der Waals surface area contributed by atoms with Crippen LogP contribution in [0.3, 0.4) is 0 Å². The lowest BCUT2D eigenvalue weighted by atomic mass is 9.77. The van der Waals surface area contributed by atoms with Gasteiger partial charge in [-0.05, 0) is 18.1 Å². The van der Waals surface area contributed by atoms with Crippen LogP contribution in [0, 0.1) is 0 Å². The maximum Gasteiger partial charge on any atom is 0.203 e. The molecule has 0 aromatic heterocycles. The van der Waals surface area contributed by atoms with Crippen molar-refractivity contribution >= 4 is 16.9 Å². The molecule has 1 nitrogen and oxygen atoms in total. The normalized spacial score (nSPS) is 11.1. The third kappa shape index (κ3) is 2.86. The van der Waals surface area contributed by atoms with Crippen molar-refractivity contribution in [3.8, 4) is 0 Å². The van der Waals surface area contributed by atoms with Crippen LogP contribution in [-0.4, -0.2) is 10.9 Å². The number of rotatable bonds is 5. The van der Waals surface area contributed by atoms with Crippen molar-refractivity contribution in [2.24, 2.45) is 0 Å². The molecule has 102 valence electrons. The fourth-order valence-electron chi connectivity index (χ4n) is 2.22. The van der Waals surface area contributed by atoms with Crippen LogP contribution in [-0.2, 0) is 10.2 Å². The zero-order valence-corrected chi connectivity index (χ0v) is 12.4. The Bertz CT molecular complexity index is 535. The fourth-order valence-corrected chi connectivity index (χ4v) is 3.02. The Morgan fingerprint density at radius 1 is 1.05 bits per heavy atom. The zero-order valence-electron chi connectivity index (χ0n) is 11.6. The summed E-state index contributed by atoms with van der Waals surface area (Å²) in [6.07, 6.45) is 1.76. The van der Waals surface area contributed by atoms with Gasteiger partial charge >= 0.3 is 0 Å². The quantitative estimate of drug-likeness (QED) is 0.754. The van der Waals surface area contributed by atoms with Gasteiger partial charge in [0.1, 0.15) is 0 Å². The van der Waals surface area contributed by atoms with E-state index in [9.17, 15) is 4.79 Å². The van der Waals surface area contributed by atoms with Crippen molar-refractivity contribution in [1.29, 1.82) is 0 Å². The summed E-state index contributed by atoms with van der Waals surface area (Å²) >= 11 is 1.32. The van der Waals surface area contributed by atoms with Crippen LogP contribution in [0.2, 0.25) is 0 Å². The van der Waals surface area contributed by atoms with Crippen LogP contribution in [0.15, 0.2) is 73.3 Å². The van der Waals surface area contributed by atoms with Gasteiger partial charge in [0, 0.05) is 5.75 Å². The number of carbonyl (C=O) groups is 1. The van der Waals surface area contributed by atoms with Gasteiger partial charge in [0.25, 0.3) is 0 Å². The van der Waals surface area contributed by atoms with E-state index in [1.807, 2.05) is 67.6 Å². The molecule has 20 heavy (non-hydrogen) atoms. The molecule has 0 bridgehead atoms. The molecule has 2 heteroatoms. The summed E-state index contributed by atoms with van der Waals surface area (Å²) in [6.45, 7) is 5.68. The monoisotopic (exact) mass is 282 g/mol. The second-order valence-electron chi connectivity index (χ2n) is 4.74. The molecule has 0 spiro atoms. The number of hydrogen-bond acceptors (Lipinski definition) is 2. The van der Waals surface area contributed by atoms with E-state index in [0.717, 1.165) is 11.1 Å². The molecule has 0 N–H and O–H groups in total. The molecule has 0 atom stereocenters. The molecule has 0 radical (unpaired) electrons. The van der Waals surface area contributed by atoms with Gasteiger partial charge in [-0.15, -0.1) is 6.58 Å². The molecule has 0 amide bonds. The molecule has 2 aromatic rings. The smallest absolute Gasteiger partial charge is 0.203 e. The topological polar surface area (TPSA) is 17.1 Å². The van der Waals surface area contributed by atoms with Crippen LogP contribution in [0.1, 0.15) is 18.1 Å². The van der Waals surface area contributed by atoms with E-state index in [2.05, 4.69) is 6.58 Å². The Hall–Kier alpha value is -1.80. The van der Waals surface area contributed by atoms with E-state index in [-0.39, 0.29) is 5.12 Å². The molecule has 2 rings (SSSR count). The van der Waals surface area contributed by atoms with E-state index < -0.39 is 5.41 Å². The Kier molecular flexibility index (Phi) is 4.80.